The quantitative estimate of drug-likeness (QED) is 0.347. The molecule has 0 amide bonds. The Bertz CT molecular complexity index is 739. The van der Waals surface area contributed by atoms with E-state index in [2.05, 4.69) is 0 Å². The summed E-state index contributed by atoms with van der Waals surface area (Å²) in [5.41, 5.74) is 3.65. The SMILES string of the molecule is NC1OC(COC(Cc2ccc(/C=C/C(=O)O)cc2)(C(=O)O)C(=O)O)CC1F. The van der Waals surface area contributed by atoms with Crippen molar-refractivity contribution in [3.8, 4) is 0 Å². The van der Waals surface area contributed by atoms with Gasteiger partial charge in [-0.05, 0) is 17.2 Å². The van der Waals surface area contributed by atoms with Gasteiger partial charge < -0.3 is 30.5 Å². The first-order chi connectivity index (χ1) is 13.1. The van der Waals surface area contributed by atoms with E-state index in [1.165, 1.54) is 30.3 Å². The van der Waals surface area contributed by atoms with Crippen LogP contribution in [-0.4, -0.2) is 63.9 Å². The van der Waals surface area contributed by atoms with Crippen LogP contribution in [-0.2, 0) is 30.3 Å². The molecule has 1 fully saturated rings. The molecule has 1 aromatic rings. The zero-order chi connectivity index (χ0) is 20.9. The number of hydrogen-bond acceptors (Lipinski definition) is 6. The third kappa shape index (κ3) is 5.12. The first kappa shape index (κ1) is 21.5. The van der Waals surface area contributed by atoms with Gasteiger partial charge in [-0.1, -0.05) is 24.3 Å². The summed E-state index contributed by atoms with van der Waals surface area (Å²) < 4.78 is 23.7. The largest absolute Gasteiger partial charge is 0.479 e. The van der Waals surface area contributed by atoms with Gasteiger partial charge in [0, 0.05) is 18.9 Å². The maximum Gasteiger partial charge on any atom is 0.348 e. The molecule has 1 heterocycles. The number of nitrogens with two attached hydrogens (primary N) is 1. The van der Waals surface area contributed by atoms with Crippen LogP contribution in [0.1, 0.15) is 17.5 Å². The molecule has 1 aliphatic heterocycles. The lowest BCUT2D eigenvalue weighted by atomic mass is 9.93. The fourth-order valence-electron chi connectivity index (χ4n) is 2.71. The van der Waals surface area contributed by atoms with Gasteiger partial charge in [0.25, 0.3) is 5.60 Å². The summed E-state index contributed by atoms with van der Waals surface area (Å²) in [4.78, 5) is 34.0. The molecular weight excluding hydrogens is 377 g/mol. The van der Waals surface area contributed by atoms with Crippen molar-refractivity contribution in [2.45, 2.75) is 36.9 Å². The average molecular weight is 397 g/mol. The molecule has 0 aromatic heterocycles. The number of carboxylic acid groups (broad SMARTS) is 3. The van der Waals surface area contributed by atoms with Gasteiger partial charge in [-0.3, -0.25) is 0 Å². The van der Waals surface area contributed by atoms with Crippen molar-refractivity contribution in [3.05, 3.63) is 41.5 Å². The molecule has 3 atom stereocenters. The summed E-state index contributed by atoms with van der Waals surface area (Å²) in [6.07, 6.45) is -1.82. The van der Waals surface area contributed by atoms with E-state index >= 15 is 0 Å². The highest BCUT2D eigenvalue weighted by Crippen LogP contribution is 2.25. The molecular formula is C18H20FNO8. The molecule has 10 heteroatoms. The molecule has 0 aliphatic carbocycles. The molecule has 0 bridgehead atoms. The molecule has 1 aromatic carbocycles. The molecule has 5 N–H and O–H groups in total. The van der Waals surface area contributed by atoms with Crippen LogP contribution in [0, 0.1) is 0 Å². The smallest absolute Gasteiger partial charge is 0.348 e. The lowest BCUT2D eigenvalue weighted by Crippen LogP contribution is -2.52. The monoisotopic (exact) mass is 397 g/mol. The van der Waals surface area contributed by atoms with Crippen LogP contribution < -0.4 is 5.73 Å². The standard InChI is InChI=1S/C18H20FNO8/c19-13-7-12(28-15(13)20)9-27-18(16(23)24,17(25)26)8-11-3-1-10(2-4-11)5-6-14(21)22/h1-6,12-13,15H,7-9,20H2,(H,21,22)(H,23,24)(H,25,26)/b6-5+. The third-order valence-corrected chi connectivity index (χ3v) is 4.25. The maximum absolute atomic E-state index is 13.4. The number of benzene rings is 1. The van der Waals surface area contributed by atoms with Gasteiger partial charge in [0.1, 0.15) is 12.4 Å². The van der Waals surface area contributed by atoms with Crippen LogP contribution in [0.15, 0.2) is 30.3 Å². The van der Waals surface area contributed by atoms with Crippen LogP contribution >= 0.6 is 0 Å². The van der Waals surface area contributed by atoms with Crippen molar-refractivity contribution in [2.24, 2.45) is 5.73 Å². The van der Waals surface area contributed by atoms with Crippen LogP contribution in [0.25, 0.3) is 6.08 Å². The predicted octanol–water partition coefficient (Wildman–Crippen LogP) is 0.663. The number of carboxylic acids is 3. The molecule has 0 radical (unpaired) electrons. The van der Waals surface area contributed by atoms with E-state index in [-0.39, 0.29) is 6.42 Å². The zero-order valence-corrected chi connectivity index (χ0v) is 14.7. The molecule has 2 rings (SSSR count). The van der Waals surface area contributed by atoms with Gasteiger partial charge in [0.15, 0.2) is 0 Å². The number of aliphatic carboxylic acids is 3. The minimum Gasteiger partial charge on any atom is -0.479 e. The normalized spacial score (nSPS) is 22.4. The minimum absolute atomic E-state index is 0.124. The summed E-state index contributed by atoms with van der Waals surface area (Å²) in [5.74, 6) is -4.56. The highest BCUT2D eigenvalue weighted by atomic mass is 19.1. The summed E-state index contributed by atoms with van der Waals surface area (Å²) in [5, 5.41) is 27.6. The van der Waals surface area contributed by atoms with Gasteiger partial charge in [0.2, 0.25) is 0 Å². The molecule has 9 nitrogen and oxygen atoms in total. The number of rotatable bonds is 9. The first-order valence-corrected chi connectivity index (χ1v) is 8.30. The van der Waals surface area contributed by atoms with Crippen LogP contribution in [0.5, 0.6) is 0 Å². The summed E-state index contributed by atoms with van der Waals surface area (Å²) in [6, 6.07) is 5.95. The van der Waals surface area contributed by atoms with Crippen molar-refractivity contribution in [3.63, 3.8) is 0 Å². The Morgan fingerprint density at radius 1 is 1.21 bits per heavy atom. The second kappa shape index (κ2) is 8.91. The van der Waals surface area contributed by atoms with E-state index in [1.807, 2.05) is 0 Å². The zero-order valence-electron chi connectivity index (χ0n) is 14.7. The van der Waals surface area contributed by atoms with Crippen LogP contribution in [0.2, 0.25) is 0 Å². The van der Waals surface area contributed by atoms with Crippen molar-refractivity contribution in [2.75, 3.05) is 6.61 Å². The van der Waals surface area contributed by atoms with Gasteiger partial charge in [-0.25, -0.2) is 18.8 Å². The Morgan fingerprint density at radius 2 is 1.82 bits per heavy atom. The molecule has 152 valence electrons. The van der Waals surface area contributed by atoms with Gasteiger partial charge in [-0.2, -0.15) is 0 Å². The minimum atomic E-state index is -2.60. The summed E-state index contributed by atoms with van der Waals surface area (Å²) in [6.45, 7) is -0.452. The number of ether oxygens (including phenoxy) is 2. The van der Waals surface area contributed by atoms with Gasteiger partial charge in [-0.15, -0.1) is 0 Å². The van der Waals surface area contributed by atoms with E-state index in [0.29, 0.717) is 11.1 Å². The molecule has 3 unspecified atom stereocenters. The second-order valence-electron chi connectivity index (χ2n) is 6.31. The van der Waals surface area contributed by atoms with E-state index in [1.54, 1.807) is 0 Å². The van der Waals surface area contributed by atoms with Crippen molar-refractivity contribution < 1.29 is 43.6 Å². The topological polar surface area (TPSA) is 156 Å². The van der Waals surface area contributed by atoms with Crippen molar-refractivity contribution in [1.29, 1.82) is 0 Å². The Kier molecular flexibility index (Phi) is 6.84. The number of alkyl halides is 1. The molecule has 28 heavy (non-hydrogen) atoms. The fourth-order valence-corrected chi connectivity index (χ4v) is 2.71. The van der Waals surface area contributed by atoms with E-state index in [9.17, 15) is 29.0 Å². The number of hydrogen-bond donors (Lipinski definition) is 4. The lowest BCUT2D eigenvalue weighted by Gasteiger charge is -2.26. The molecule has 1 saturated heterocycles. The maximum atomic E-state index is 13.4. The second-order valence-corrected chi connectivity index (χ2v) is 6.31. The molecule has 0 saturated carbocycles. The highest BCUT2D eigenvalue weighted by molar-refractivity contribution is 6.02. The van der Waals surface area contributed by atoms with Crippen LogP contribution in [0.3, 0.4) is 0 Å². The number of carbonyl (C=O) groups is 3. The van der Waals surface area contributed by atoms with Gasteiger partial charge >= 0.3 is 17.9 Å². The van der Waals surface area contributed by atoms with Crippen molar-refractivity contribution >= 4 is 24.0 Å². The Morgan fingerprint density at radius 3 is 2.29 bits per heavy atom. The Balaban J connectivity index is 2.15. The Labute approximate surface area is 159 Å². The predicted molar refractivity (Wildman–Crippen MR) is 93.1 cm³/mol. The van der Waals surface area contributed by atoms with E-state index in [4.69, 9.17) is 20.3 Å². The van der Waals surface area contributed by atoms with Gasteiger partial charge in [0.05, 0.1) is 12.7 Å². The summed E-state index contributed by atoms with van der Waals surface area (Å²) >= 11 is 0. The van der Waals surface area contributed by atoms with E-state index in [0.717, 1.165) is 6.08 Å². The van der Waals surface area contributed by atoms with Crippen molar-refractivity contribution in [1.82, 2.24) is 0 Å². The summed E-state index contributed by atoms with van der Waals surface area (Å²) in [7, 11) is 0. The number of halogens is 1. The lowest BCUT2D eigenvalue weighted by molar-refractivity contribution is -0.187. The first-order valence-electron chi connectivity index (χ1n) is 8.30. The Hall–Kier alpha value is -2.82. The third-order valence-electron chi connectivity index (χ3n) is 4.25. The van der Waals surface area contributed by atoms with E-state index < -0.39 is 55.0 Å². The fraction of sp³-hybridized carbons (Fsp3) is 0.389. The molecule has 1 aliphatic rings. The van der Waals surface area contributed by atoms with Crippen LogP contribution in [0.4, 0.5) is 4.39 Å². The average Bonchev–Trinajstić information content (AvgIpc) is 2.95. The highest BCUT2D eigenvalue weighted by Gasteiger charge is 2.49. The molecule has 0 spiro atoms.